The number of ketones is 1. The predicted octanol–water partition coefficient (Wildman–Crippen LogP) is 2.60. The van der Waals surface area contributed by atoms with Crippen molar-refractivity contribution >= 4 is 37.8 Å². The standard InChI is InChI=1S/C21H21BrF2N6O4S/c22-15-5-12(1-2-16(15)23)9-30-4-3-18(29-30)20(31)14-8-26-11-27-21(14)28-19-7-13(6-17(19)24)10-34-35(25,32)33/h1-5,8,11,13,17,19H,6-7,9-10H2,(H2,25,32,33)(H,26,27,28). The van der Waals surface area contributed by atoms with E-state index in [1.165, 1.54) is 29.3 Å². The minimum Gasteiger partial charge on any atom is -0.364 e. The number of benzene rings is 1. The number of carbonyl (C=O) groups is 1. The van der Waals surface area contributed by atoms with Crippen molar-refractivity contribution in [2.75, 3.05) is 11.9 Å². The summed E-state index contributed by atoms with van der Waals surface area (Å²) in [5, 5.41) is 12.1. The van der Waals surface area contributed by atoms with Crippen LogP contribution in [0.25, 0.3) is 0 Å². The average Bonchev–Trinajstić information content (AvgIpc) is 3.41. The van der Waals surface area contributed by atoms with Crippen LogP contribution in [0.3, 0.4) is 0 Å². The summed E-state index contributed by atoms with van der Waals surface area (Å²) in [5.41, 5.74) is 1.02. The number of alkyl halides is 1. The van der Waals surface area contributed by atoms with Gasteiger partial charge in [-0.25, -0.2) is 23.9 Å². The largest absolute Gasteiger partial charge is 0.364 e. The molecule has 0 spiro atoms. The fourth-order valence-corrected chi connectivity index (χ4v) is 4.69. The van der Waals surface area contributed by atoms with Crippen molar-refractivity contribution in [1.82, 2.24) is 19.7 Å². The van der Waals surface area contributed by atoms with Gasteiger partial charge in [-0.05, 0) is 58.5 Å². The van der Waals surface area contributed by atoms with Gasteiger partial charge in [0.05, 0.1) is 29.2 Å². The van der Waals surface area contributed by atoms with Gasteiger partial charge in [0.25, 0.3) is 0 Å². The Morgan fingerprint density at radius 1 is 1.31 bits per heavy atom. The molecule has 0 bridgehead atoms. The summed E-state index contributed by atoms with van der Waals surface area (Å²) in [6.45, 7) is 0.0885. The van der Waals surface area contributed by atoms with Crippen LogP contribution >= 0.6 is 15.9 Å². The predicted molar refractivity (Wildman–Crippen MR) is 125 cm³/mol. The SMILES string of the molecule is NS(=O)(=O)OCC1CC(F)C(Nc2ncncc2C(=O)c2ccn(Cc3ccc(F)c(Br)c3)n2)C1. The minimum atomic E-state index is -4.11. The number of hydrogen-bond acceptors (Lipinski definition) is 8. The van der Waals surface area contributed by atoms with Gasteiger partial charge in [0.15, 0.2) is 0 Å². The van der Waals surface area contributed by atoms with Crippen LogP contribution in [0.2, 0.25) is 0 Å². The Bertz CT molecular complexity index is 1340. The molecule has 0 radical (unpaired) electrons. The van der Waals surface area contributed by atoms with E-state index in [1.807, 2.05) is 0 Å². The van der Waals surface area contributed by atoms with E-state index in [2.05, 4.69) is 40.5 Å². The molecule has 35 heavy (non-hydrogen) atoms. The lowest BCUT2D eigenvalue weighted by Crippen LogP contribution is -2.27. The van der Waals surface area contributed by atoms with E-state index in [0.29, 0.717) is 11.0 Å². The number of halogens is 3. The molecule has 0 amide bonds. The Kier molecular flexibility index (Phi) is 7.54. The van der Waals surface area contributed by atoms with Gasteiger partial charge in [0, 0.05) is 12.4 Å². The van der Waals surface area contributed by atoms with Crippen LogP contribution in [0.1, 0.15) is 34.5 Å². The second-order valence-corrected chi connectivity index (χ2v) is 10.2. The van der Waals surface area contributed by atoms with E-state index < -0.39 is 28.3 Å². The van der Waals surface area contributed by atoms with Crippen molar-refractivity contribution in [1.29, 1.82) is 0 Å². The van der Waals surface area contributed by atoms with E-state index in [0.717, 1.165) is 5.56 Å². The van der Waals surface area contributed by atoms with Gasteiger partial charge in [0.1, 0.15) is 29.8 Å². The minimum absolute atomic E-state index is 0.0749. The second kappa shape index (κ2) is 10.4. The summed E-state index contributed by atoms with van der Waals surface area (Å²) in [5.74, 6) is -1.07. The maximum atomic E-state index is 14.6. The Morgan fingerprint density at radius 3 is 2.86 bits per heavy atom. The van der Waals surface area contributed by atoms with Gasteiger partial charge in [-0.1, -0.05) is 6.07 Å². The molecule has 3 N–H and O–H groups in total. The molecule has 1 fully saturated rings. The molecule has 1 saturated carbocycles. The molecule has 2 aromatic heterocycles. The molecule has 4 rings (SSSR count). The first-order valence-corrected chi connectivity index (χ1v) is 12.8. The Hall–Kier alpha value is -2.81. The fraction of sp³-hybridized carbons (Fsp3) is 0.333. The van der Waals surface area contributed by atoms with Gasteiger partial charge in [-0.15, -0.1) is 0 Å². The molecule has 2 heterocycles. The van der Waals surface area contributed by atoms with Crippen molar-refractivity contribution in [2.45, 2.75) is 31.6 Å². The highest BCUT2D eigenvalue weighted by molar-refractivity contribution is 9.10. The van der Waals surface area contributed by atoms with Crippen molar-refractivity contribution in [3.63, 3.8) is 0 Å². The van der Waals surface area contributed by atoms with E-state index in [4.69, 9.17) is 5.14 Å². The van der Waals surface area contributed by atoms with Gasteiger partial charge >= 0.3 is 10.3 Å². The smallest absolute Gasteiger partial charge is 0.333 e. The first-order valence-electron chi connectivity index (χ1n) is 10.5. The van der Waals surface area contributed by atoms with Gasteiger partial charge in [-0.2, -0.15) is 13.5 Å². The fourth-order valence-electron chi connectivity index (χ4n) is 3.88. The number of anilines is 1. The molecule has 3 unspecified atom stereocenters. The number of nitrogens with two attached hydrogens (primary N) is 1. The highest BCUT2D eigenvalue weighted by atomic mass is 79.9. The number of rotatable bonds is 9. The molecule has 1 aliphatic carbocycles. The molecule has 3 atom stereocenters. The molecule has 186 valence electrons. The van der Waals surface area contributed by atoms with Crippen LogP contribution in [-0.2, 0) is 21.0 Å². The monoisotopic (exact) mass is 570 g/mol. The van der Waals surface area contributed by atoms with Gasteiger partial charge in [-0.3, -0.25) is 13.7 Å². The van der Waals surface area contributed by atoms with Crippen LogP contribution in [-0.4, -0.2) is 52.8 Å². The molecule has 1 aliphatic rings. The topological polar surface area (TPSA) is 142 Å². The van der Waals surface area contributed by atoms with E-state index in [-0.39, 0.29) is 48.3 Å². The molecule has 0 aliphatic heterocycles. The zero-order chi connectivity index (χ0) is 25.2. The third kappa shape index (κ3) is 6.45. The molecular formula is C21H21BrF2N6O4S. The first kappa shape index (κ1) is 25.3. The Morgan fingerprint density at radius 2 is 2.11 bits per heavy atom. The molecule has 10 nitrogen and oxygen atoms in total. The third-order valence-corrected chi connectivity index (χ3v) is 6.60. The first-order chi connectivity index (χ1) is 16.6. The molecule has 1 aromatic carbocycles. The number of carbonyl (C=O) groups excluding carboxylic acids is 1. The summed E-state index contributed by atoms with van der Waals surface area (Å²) < 4.78 is 56.5. The second-order valence-electron chi connectivity index (χ2n) is 8.14. The average molecular weight is 571 g/mol. The van der Waals surface area contributed by atoms with Crippen LogP contribution in [0.4, 0.5) is 14.6 Å². The highest BCUT2D eigenvalue weighted by Gasteiger charge is 2.36. The molecule has 0 saturated heterocycles. The number of hydrogen-bond donors (Lipinski definition) is 2. The van der Waals surface area contributed by atoms with E-state index >= 15 is 0 Å². The Labute approximate surface area is 208 Å². The zero-order valence-electron chi connectivity index (χ0n) is 18.1. The summed E-state index contributed by atoms with van der Waals surface area (Å²) in [6.07, 6.45) is 3.19. The summed E-state index contributed by atoms with van der Waals surface area (Å²) in [7, 11) is -4.11. The Balaban J connectivity index is 1.45. The van der Waals surface area contributed by atoms with Crippen LogP contribution < -0.4 is 10.5 Å². The van der Waals surface area contributed by atoms with Gasteiger partial charge in [0.2, 0.25) is 5.78 Å². The van der Waals surface area contributed by atoms with Gasteiger partial charge < -0.3 is 5.32 Å². The zero-order valence-corrected chi connectivity index (χ0v) is 20.5. The molecule has 3 aromatic rings. The van der Waals surface area contributed by atoms with Crippen LogP contribution in [0.5, 0.6) is 0 Å². The van der Waals surface area contributed by atoms with Crippen molar-refractivity contribution in [2.24, 2.45) is 11.1 Å². The van der Waals surface area contributed by atoms with E-state index in [9.17, 15) is 22.0 Å². The van der Waals surface area contributed by atoms with E-state index in [1.54, 1.807) is 18.3 Å². The molecular weight excluding hydrogens is 550 g/mol. The maximum Gasteiger partial charge on any atom is 0.333 e. The summed E-state index contributed by atoms with van der Waals surface area (Å²) >= 11 is 3.14. The third-order valence-electron chi connectivity index (χ3n) is 5.53. The number of nitrogens with zero attached hydrogens (tertiary/aromatic N) is 4. The van der Waals surface area contributed by atoms with Crippen molar-refractivity contribution in [3.8, 4) is 0 Å². The lowest BCUT2D eigenvalue weighted by Gasteiger charge is -2.17. The van der Waals surface area contributed by atoms with Crippen LogP contribution in [0, 0.1) is 11.7 Å². The summed E-state index contributed by atoms with van der Waals surface area (Å²) in [6, 6.07) is 5.40. The van der Waals surface area contributed by atoms with Crippen molar-refractivity contribution < 1.29 is 26.2 Å². The lowest BCUT2D eigenvalue weighted by atomic mass is 10.1. The number of aromatic nitrogens is 4. The van der Waals surface area contributed by atoms with Crippen molar-refractivity contribution in [3.05, 3.63) is 70.1 Å². The maximum absolute atomic E-state index is 14.6. The van der Waals surface area contributed by atoms with Crippen LogP contribution in [0.15, 0.2) is 47.5 Å². The molecule has 14 heteroatoms. The summed E-state index contributed by atoms with van der Waals surface area (Å²) in [4.78, 5) is 21.1. The normalized spacial score (nSPS) is 20.2. The highest BCUT2D eigenvalue weighted by Crippen LogP contribution is 2.31. The quantitative estimate of drug-likeness (QED) is 0.374. The number of nitrogens with one attached hydrogen (secondary N) is 1. The lowest BCUT2D eigenvalue weighted by molar-refractivity contribution is 0.103.